The van der Waals surface area contributed by atoms with Crippen LogP contribution in [0, 0.1) is 5.41 Å². The zero-order valence-electron chi connectivity index (χ0n) is 16.3. The molecule has 8 heteroatoms. The molecule has 0 radical (unpaired) electrons. The second-order valence-corrected chi connectivity index (χ2v) is 7.49. The van der Waals surface area contributed by atoms with Crippen molar-refractivity contribution in [1.29, 1.82) is 0 Å². The number of aliphatic imine (C=N–C) groups is 1. The number of nitrogens with one attached hydrogen (secondary N) is 2. The van der Waals surface area contributed by atoms with Crippen LogP contribution in [0.4, 0.5) is 4.79 Å². The van der Waals surface area contributed by atoms with Crippen molar-refractivity contribution in [1.82, 2.24) is 15.5 Å². The van der Waals surface area contributed by atoms with Crippen LogP contribution in [-0.4, -0.2) is 67.5 Å². The molecule has 1 heterocycles. The number of carbonyl (C=O) groups is 1. The van der Waals surface area contributed by atoms with Crippen molar-refractivity contribution in [3.05, 3.63) is 0 Å². The smallest absolute Gasteiger partial charge is 0.409 e. The minimum Gasteiger partial charge on any atom is -0.453 e. The van der Waals surface area contributed by atoms with Gasteiger partial charge in [0.1, 0.15) is 0 Å². The summed E-state index contributed by atoms with van der Waals surface area (Å²) < 4.78 is 4.78. The standard InChI is InChI=1S/C18H34N4O3.HI/c1-4-19-16(20-13-18(2)10-6-5-7-15(18)23)21-14-8-11-22(12-9-14)17(24)25-3;/h14-15,23H,4-13H2,1-3H3,(H2,19,20,21);1H. The van der Waals surface area contributed by atoms with Gasteiger partial charge in [0.2, 0.25) is 0 Å². The third-order valence-corrected chi connectivity index (χ3v) is 5.49. The molecule has 3 N–H and O–H groups in total. The van der Waals surface area contributed by atoms with Crippen molar-refractivity contribution in [2.75, 3.05) is 33.3 Å². The first-order valence-corrected chi connectivity index (χ1v) is 9.54. The van der Waals surface area contributed by atoms with Gasteiger partial charge in [-0.15, -0.1) is 24.0 Å². The number of amides is 1. The third-order valence-electron chi connectivity index (χ3n) is 5.49. The highest BCUT2D eigenvalue weighted by molar-refractivity contribution is 14.0. The van der Waals surface area contributed by atoms with E-state index in [1.807, 2.05) is 6.92 Å². The molecule has 152 valence electrons. The predicted octanol–water partition coefficient (Wildman–Crippen LogP) is 2.33. The van der Waals surface area contributed by atoms with Crippen molar-refractivity contribution < 1.29 is 14.6 Å². The predicted molar refractivity (Wildman–Crippen MR) is 114 cm³/mol. The van der Waals surface area contributed by atoms with Crippen LogP contribution in [0.25, 0.3) is 0 Å². The van der Waals surface area contributed by atoms with Crippen LogP contribution in [0.15, 0.2) is 4.99 Å². The van der Waals surface area contributed by atoms with Gasteiger partial charge in [0.05, 0.1) is 19.8 Å². The maximum absolute atomic E-state index is 11.6. The zero-order valence-corrected chi connectivity index (χ0v) is 18.6. The number of ether oxygens (including phenoxy) is 1. The van der Waals surface area contributed by atoms with E-state index in [0.29, 0.717) is 25.7 Å². The molecule has 26 heavy (non-hydrogen) atoms. The molecule has 2 atom stereocenters. The van der Waals surface area contributed by atoms with Crippen LogP contribution in [0.5, 0.6) is 0 Å². The quantitative estimate of drug-likeness (QED) is 0.326. The molecular weight excluding hydrogens is 447 g/mol. The van der Waals surface area contributed by atoms with Crippen molar-refractivity contribution in [3.63, 3.8) is 0 Å². The summed E-state index contributed by atoms with van der Waals surface area (Å²) in [6, 6.07) is 0.294. The molecule has 1 aliphatic carbocycles. The fraction of sp³-hybridized carbons (Fsp3) is 0.889. The van der Waals surface area contributed by atoms with Gasteiger partial charge in [0, 0.05) is 31.1 Å². The Bertz CT molecular complexity index is 469. The average Bonchev–Trinajstić information content (AvgIpc) is 2.62. The summed E-state index contributed by atoms with van der Waals surface area (Å²) in [5.74, 6) is 0.804. The van der Waals surface area contributed by atoms with E-state index in [1.54, 1.807) is 4.90 Å². The van der Waals surface area contributed by atoms with Gasteiger partial charge in [-0.3, -0.25) is 4.99 Å². The monoisotopic (exact) mass is 482 g/mol. The molecule has 0 spiro atoms. The molecule has 1 saturated carbocycles. The highest BCUT2D eigenvalue weighted by Crippen LogP contribution is 2.36. The van der Waals surface area contributed by atoms with Gasteiger partial charge in [-0.05, 0) is 32.6 Å². The molecule has 0 bridgehead atoms. The lowest BCUT2D eigenvalue weighted by Gasteiger charge is -2.37. The van der Waals surface area contributed by atoms with Gasteiger partial charge in [-0.2, -0.15) is 0 Å². The van der Waals surface area contributed by atoms with Crippen LogP contribution >= 0.6 is 24.0 Å². The number of rotatable bonds is 4. The Balaban J connectivity index is 0.00000338. The third kappa shape index (κ3) is 6.44. The van der Waals surface area contributed by atoms with E-state index < -0.39 is 0 Å². The molecule has 2 fully saturated rings. The lowest BCUT2D eigenvalue weighted by Crippen LogP contribution is -2.50. The molecule has 1 saturated heterocycles. The Hall–Kier alpha value is -0.770. The fourth-order valence-corrected chi connectivity index (χ4v) is 3.67. The van der Waals surface area contributed by atoms with E-state index in [2.05, 4.69) is 17.6 Å². The van der Waals surface area contributed by atoms with Crippen LogP contribution in [0.1, 0.15) is 52.4 Å². The Morgan fingerprint density at radius 1 is 1.31 bits per heavy atom. The lowest BCUT2D eigenvalue weighted by molar-refractivity contribution is 0.00715. The maximum atomic E-state index is 11.6. The zero-order chi connectivity index (χ0) is 18.3. The molecule has 7 nitrogen and oxygen atoms in total. The number of hydrogen-bond donors (Lipinski definition) is 3. The highest BCUT2D eigenvalue weighted by Gasteiger charge is 2.35. The number of aliphatic hydroxyl groups excluding tert-OH is 1. The van der Waals surface area contributed by atoms with E-state index in [4.69, 9.17) is 9.73 Å². The van der Waals surface area contributed by atoms with Gasteiger partial charge < -0.3 is 25.4 Å². The normalized spacial score (nSPS) is 27.5. The summed E-state index contributed by atoms with van der Waals surface area (Å²) in [7, 11) is 1.42. The number of guanidine groups is 1. The Morgan fingerprint density at radius 3 is 2.58 bits per heavy atom. The molecule has 0 aromatic heterocycles. The number of likely N-dealkylation sites (tertiary alicyclic amines) is 1. The van der Waals surface area contributed by atoms with Gasteiger partial charge >= 0.3 is 6.09 Å². The van der Waals surface area contributed by atoms with Crippen LogP contribution in [0.3, 0.4) is 0 Å². The summed E-state index contributed by atoms with van der Waals surface area (Å²) in [5, 5.41) is 17.1. The summed E-state index contributed by atoms with van der Waals surface area (Å²) in [6.45, 7) is 7.00. The maximum Gasteiger partial charge on any atom is 0.409 e. The molecule has 2 unspecified atom stereocenters. The van der Waals surface area contributed by atoms with Gasteiger partial charge in [-0.25, -0.2) is 4.79 Å². The van der Waals surface area contributed by atoms with E-state index in [1.165, 1.54) is 13.5 Å². The first kappa shape index (κ1) is 23.3. The highest BCUT2D eigenvalue weighted by atomic mass is 127. The molecule has 2 rings (SSSR count). The lowest BCUT2D eigenvalue weighted by atomic mass is 9.73. The van der Waals surface area contributed by atoms with E-state index in [-0.39, 0.29) is 41.6 Å². The second kappa shape index (κ2) is 11.2. The van der Waals surface area contributed by atoms with Crippen molar-refractivity contribution in [3.8, 4) is 0 Å². The molecule has 0 aromatic carbocycles. The minimum atomic E-state index is -0.267. The van der Waals surface area contributed by atoms with Gasteiger partial charge in [0.25, 0.3) is 0 Å². The first-order chi connectivity index (χ1) is 12.0. The van der Waals surface area contributed by atoms with E-state index in [0.717, 1.165) is 44.6 Å². The van der Waals surface area contributed by atoms with Crippen LogP contribution in [0.2, 0.25) is 0 Å². The van der Waals surface area contributed by atoms with Gasteiger partial charge in [0.15, 0.2) is 5.96 Å². The summed E-state index contributed by atoms with van der Waals surface area (Å²) >= 11 is 0. The molecular formula is C18H35IN4O3. The fourth-order valence-electron chi connectivity index (χ4n) is 3.67. The SMILES string of the molecule is CCNC(=NCC1(C)CCCCC1O)NC1CCN(C(=O)OC)CC1.I. The number of nitrogens with zero attached hydrogens (tertiary/aromatic N) is 2. The number of piperidine rings is 1. The first-order valence-electron chi connectivity index (χ1n) is 9.54. The largest absolute Gasteiger partial charge is 0.453 e. The topological polar surface area (TPSA) is 86.2 Å². The summed E-state index contributed by atoms with van der Waals surface area (Å²) in [6.07, 6.45) is 5.40. The Morgan fingerprint density at radius 2 is 2.00 bits per heavy atom. The number of halogens is 1. The molecule has 0 aromatic rings. The summed E-state index contributed by atoms with van der Waals surface area (Å²) in [5.41, 5.74) is -0.130. The van der Waals surface area contributed by atoms with Crippen LogP contribution in [-0.2, 0) is 4.74 Å². The van der Waals surface area contributed by atoms with Crippen molar-refractivity contribution in [2.45, 2.75) is 64.5 Å². The van der Waals surface area contributed by atoms with Gasteiger partial charge in [-0.1, -0.05) is 19.8 Å². The molecule has 1 aliphatic heterocycles. The number of hydrogen-bond acceptors (Lipinski definition) is 4. The van der Waals surface area contributed by atoms with E-state index >= 15 is 0 Å². The number of carbonyl (C=O) groups excluding carboxylic acids is 1. The van der Waals surface area contributed by atoms with Crippen molar-refractivity contribution >= 4 is 36.0 Å². The van der Waals surface area contributed by atoms with E-state index in [9.17, 15) is 9.90 Å². The average molecular weight is 482 g/mol. The summed E-state index contributed by atoms with van der Waals surface area (Å²) in [4.78, 5) is 18.1. The van der Waals surface area contributed by atoms with Crippen LogP contribution < -0.4 is 10.6 Å². The molecule has 1 amide bonds. The molecule has 2 aliphatic rings. The number of aliphatic hydroxyl groups is 1. The number of methoxy groups -OCH3 is 1. The second-order valence-electron chi connectivity index (χ2n) is 7.49. The van der Waals surface area contributed by atoms with Crippen molar-refractivity contribution in [2.24, 2.45) is 10.4 Å². The Labute approximate surface area is 174 Å². The minimum absolute atomic E-state index is 0. The Kier molecular flexibility index (Phi) is 9.99.